The summed E-state index contributed by atoms with van der Waals surface area (Å²) in [6.07, 6.45) is 2.81. The molecule has 0 aliphatic heterocycles. The minimum Gasteiger partial charge on any atom is -0.383 e. The van der Waals surface area contributed by atoms with Crippen LogP contribution in [0.4, 0.5) is 11.6 Å². The summed E-state index contributed by atoms with van der Waals surface area (Å²) in [5.41, 5.74) is 11.4. The van der Waals surface area contributed by atoms with Crippen molar-refractivity contribution in [3.05, 3.63) is 72.4 Å². The van der Waals surface area contributed by atoms with Crippen molar-refractivity contribution in [3.8, 4) is 28.5 Å². The Bertz CT molecular complexity index is 1410. The lowest BCUT2D eigenvalue weighted by atomic mass is 9.93. The number of fused-ring (bicyclic) bond motifs is 1. The van der Waals surface area contributed by atoms with Crippen LogP contribution < -0.4 is 11.1 Å². The first-order valence-electron chi connectivity index (χ1n) is 10.9. The van der Waals surface area contributed by atoms with E-state index in [0.717, 1.165) is 45.1 Å². The van der Waals surface area contributed by atoms with Crippen LogP contribution in [0.25, 0.3) is 33.2 Å². The number of hydrogen-bond acceptors (Lipinski definition) is 5. The molecule has 2 aromatic heterocycles. The van der Waals surface area contributed by atoms with E-state index in [1.54, 1.807) is 6.20 Å². The molecule has 33 heavy (non-hydrogen) atoms. The summed E-state index contributed by atoms with van der Waals surface area (Å²) in [4.78, 5) is 21.6. The Hall–Kier alpha value is -4.24. The van der Waals surface area contributed by atoms with E-state index in [9.17, 15) is 4.79 Å². The highest BCUT2D eigenvalue weighted by atomic mass is 16.2. The number of pyridine rings is 2. The van der Waals surface area contributed by atoms with Crippen molar-refractivity contribution >= 4 is 28.3 Å². The number of rotatable bonds is 5. The highest BCUT2D eigenvalue weighted by Crippen LogP contribution is 2.42. The van der Waals surface area contributed by atoms with E-state index in [1.165, 1.54) is 0 Å². The summed E-state index contributed by atoms with van der Waals surface area (Å²) in [5.74, 6) is 0.820. The van der Waals surface area contributed by atoms with Crippen molar-refractivity contribution in [2.75, 3.05) is 11.1 Å². The van der Waals surface area contributed by atoms with Gasteiger partial charge in [0.05, 0.1) is 11.8 Å². The molecule has 5 rings (SSSR count). The second-order valence-corrected chi connectivity index (χ2v) is 8.50. The molecule has 1 amide bonds. The average molecular weight is 434 g/mol. The van der Waals surface area contributed by atoms with Gasteiger partial charge >= 0.3 is 0 Å². The predicted octanol–water partition coefficient (Wildman–Crippen LogP) is 5.34. The van der Waals surface area contributed by atoms with E-state index in [-0.39, 0.29) is 17.7 Å². The van der Waals surface area contributed by atoms with Gasteiger partial charge in [0.1, 0.15) is 11.6 Å². The minimum atomic E-state index is -0.111. The fourth-order valence-electron chi connectivity index (χ4n) is 4.37. The number of benzene rings is 2. The van der Waals surface area contributed by atoms with Crippen LogP contribution in [0.2, 0.25) is 0 Å². The number of nitrogens with two attached hydrogens (primary N) is 1. The summed E-state index contributed by atoms with van der Waals surface area (Å²) in [6, 6.07) is 22.4. The van der Waals surface area contributed by atoms with Gasteiger partial charge in [0.25, 0.3) is 0 Å². The van der Waals surface area contributed by atoms with E-state index >= 15 is 0 Å². The van der Waals surface area contributed by atoms with E-state index < -0.39 is 0 Å². The Morgan fingerprint density at radius 1 is 1.18 bits per heavy atom. The highest BCUT2D eigenvalue weighted by molar-refractivity contribution is 5.99. The van der Waals surface area contributed by atoms with Gasteiger partial charge in [0, 0.05) is 29.5 Å². The number of amides is 1. The number of anilines is 2. The third kappa shape index (κ3) is 4.01. The molecule has 1 fully saturated rings. The Kier molecular flexibility index (Phi) is 5.23. The molecule has 6 nitrogen and oxygen atoms in total. The van der Waals surface area contributed by atoms with Gasteiger partial charge in [-0.25, -0.2) is 9.97 Å². The highest BCUT2D eigenvalue weighted by Gasteiger charge is 2.42. The van der Waals surface area contributed by atoms with Crippen molar-refractivity contribution in [1.82, 2.24) is 9.97 Å². The normalized spacial score (nSPS) is 16.8. The first-order valence-corrected chi connectivity index (χ1v) is 10.9. The van der Waals surface area contributed by atoms with Crippen molar-refractivity contribution in [2.45, 2.75) is 19.8 Å². The molecule has 2 heterocycles. The summed E-state index contributed by atoms with van der Waals surface area (Å²) < 4.78 is 0. The van der Waals surface area contributed by atoms with Crippen molar-refractivity contribution in [3.63, 3.8) is 0 Å². The van der Waals surface area contributed by atoms with Crippen molar-refractivity contribution in [1.29, 1.82) is 5.26 Å². The lowest BCUT2D eigenvalue weighted by Gasteiger charge is -2.14. The van der Waals surface area contributed by atoms with Gasteiger partial charge in [-0.2, -0.15) is 5.26 Å². The maximum absolute atomic E-state index is 12.5. The van der Waals surface area contributed by atoms with Crippen LogP contribution in [-0.4, -0.2) is 15.9 Å². The van der Waals surface area contributed by atoms with Crippen LogP contribution in [0, 0.1) is 30.1 Å². The number of carbonyl (C=O) groups excluding carboxylic acids is 1. The molecule has 162 valence electrons. The van der Waals surface area contributed by atoms with Gasteiger partial charge in [-0.3, -0.25) is 4.79 Å². The van der Waals surface area contributed by atoms with Crippen LogP contribution in [0.5, 0.6) is 0 Å². The third-order valence-corrected chi connectivity index (χ3v) is 6.22. The maximum atomic E-state index is 12.5. The summed E-state index contributed by atoms with van der Waals surface area (Å²) in [7, 11) is 0. The zero-order chi connectivity index (χ0) is 22.9. The van der Waals surface area contributed by atoms with Crippen LogP contribution in [0.3, 0.4) is 0 Å². The molecule has 0 spiro atoms. The fourth-order valence-corrected chi connectivity index (χ4v) is 4.37. The molecule has 1 saturated carbocycles. The van der Waals surface area contributed by atoms with Crippen LogP contribution in [0.15, 0.2) is 66.9 Å². The van der Waals surface area contributed by atoms with Gasteiger partial charge in [0.2, 0.25) is 5.91 Å². The topological polar surface area (TPSA) is 105 Å². The number of nitrogens with one attached hydrogen (secondary N) is 1. The monoisotopic (exact) mass is 433 g/mol. The number of hydrogen-bond donors (Lipinski definition) is 2. The van der Waals surface area contributed by atoms with E-state index in [2.05, 4.69) is 47.6 Å². The van der Waals surface area contributed by atoms with Gasteiger partial charge in [-0.15, -0.1) is 0 Å². The largest absolute Gasteiger partial charge is 0.383 e. The average Bonchev–Trinajstić information content (AvgIpc) is 3.59. The smallest absolute Gasteiger partial charge is 0.228 e. The zero-order valence-corrected chi connectivity index (χ0v) is 18.2. The molecule has 4 aromatic rings. The second kappa shape index (κ2) is 8.36. The Balaban J connectivity index is 1.54. The molecule has 3 N–H and O–H groups in total. The molecule has 1 aliphatic carbocycles. The van der Waals surface area contributed by atoms with Crippen LogP contribution >= 0.6 is 0 Å². The standard InChI is InChI=1S/C27H23N5O/c1-16-6-5-9-20(17-7-3-2-4-8-17)25(16)23-13-19-14-24(30-15-22(19)26(29)31-23)32-27(33)21-12-18(21)10-11-28/h2-9,13-15,18,21H,10,12H2,1H3,(H2,29,31)(H,30,32,33)/t18-,21-/m0/s1. The molecule has 0 radical (unpaired) electrons. The number of nitrogens with zero attached hydrogens (tertiary/aromatic N) is 3. The molecule has 2 aromatic carbocycles. The Labute approximate surface area is 192 Å². The SMILES string of the molecule is Cc1cccc(-c2ccccc2)c1-c1cc2cc(NC(=O)[C@H]3C[C@@H]3CC#N)ncc2c(N)n1. The summed E-state index contributed by atoms with van der Waals surface area (Å²) in [6.45, 7) is 2.06. The summed E-state index contributed by atoms with van der Waals surface area (Å²) >= 11 is 0. The van der Waals surface area contributed by atoms with Gasteiger partial charge in [0.15, 0.2) is 0 Å². The first kappa shape index (κ1) is 20.7. The second-order valence-electron chi connectivity index (χ2n) is 8.50. The molecule has 0 bridgehead atoms. The van der Waals surface area contributed by atoms with Crippen molar-refractivity contribution in [2.24, 2.45) is 11.8 Å². The Morgan fingerprint density at radius 3 is 2.79 bits per heavy atom. The number of nitrogen functional groups attached to an aromatic ring is 1. The molecule has 1 aliphatic rings. The number of carbonyl (C=O) groups is 1. The molecule has 0 saturated heterocycles. The van der Waals surface area contributed by atoms with E-state index in [4.69, 9.17) is 16.0 Å². The molecular weight excluding hydrogens is 410 g/mol. The lowest BCUT2D eigenvalue weighted by molar-refractivity contribution is -0.117. The van der Waals surface area contributed by atoms with Gasteiger partial charge in [-0.1, -0.05) is 48.5 Å². The van der Waals surface area contributed by atoms with E-state index in [1.807, 2.05) is 36.4 Å². The number of aryl methyl sites for hydroxylation is 1. The van der Waals surface area contributed by atoms with Crippen molar-refractivity contribution < 1.29 is 4.79 Å². The fraction of sp³-hybridized carbons (Fsp3) is 0.185. The molecular formula is C27H23N5O. The minimum absolute atomic E-state index is 0.0883. The van der Waals surface area contributed by atoms with Crippen LogP contribution in [0.1, 0.15) is 18.4 Å². The predicted molar refractivity (Wildman–Crippen MR) is 130 cm³/mol. The maximum Gasteiger partial charge on any atom is 0.228 e. The molecule has 0 unspecified atom stereocenters. The number of nitriles is 1. The van der Waals surface area contributed by atoms with Crippen LogP contribution in [-0.2, 0) is 4.79 Å². The summed E-state index contributed by atoms with van der Waals surface area (Å²) in [5, 5.41) is 13.3. The molecule has 6 heteroatoms. The van der Waals surface area contributed by atoms with E-state index in [0.29, 0.717) is 18.1 Å². The first-order chi connectivity index (χ1) is 16.0. The lowest BCUT2D eigenvalue weighted by Crippen LogP contribution is -2.15. The quantitative estimate of drug-likeness (QED) is 0.442. The molecule has 2 atom stereocenters. The number of aromatic nitrogens is 2. The van der Waals surface area contributed by atoms with Gasteiger partial charge in [-0.05, 0) is 53.5 Å². The third-order valence-electron chi connectivity index (χ3n) is 6.22. The Morgan fingerprint density at radius 2 is 2.00 bits per heavy atom. The van der Waals surface area contributed by atoms with Gasteiger partial charge < -0.3 is 11.1 Å². The zero-order valence-electron chi connectivity index (χ0n) is 18.2.